The molecule has 33 heavy (non-hydrogen) atoms. The Morgan fingerprint density at radius 2 is 1.52 bits per heavy atom. The zero-order chi connectivity index (χ0) is 23.8. The molecule has 0 spiro atoms. The zero-order valence-electron chi connectivity index (χ0n) is 18.4. The molecule has 0 unspecified atom stereocenters. The van der Waals surface area contributed by atoms with Gasteiger partial charge < -0.3 is 4.52 Å². The van der Waals surface area contributed by atoms with Gasteiger partial charge in [-0.2, -0.15) is 0 Å². The van der Waals surface area contributed by atoms with Gasteiger partial charge in [-0.1, -0.05) is 48.5 Å². The largest absolute Gasteiger partial charge is 0.524 e. The van der Waals surface area contributed by atoms with Crippen LogP contribution in [0, 0.1) is 20.8 Å². The Labute approximate surface area is 190 Å². The first-order valence-corrected chi connectivity index (χ1v) is 11.8. The molecule has 0 fully saturated rings. The molecule has 4 rings (SSSR count). The Morgan fingerprint density at radius 1 is 0.879 bits per heavy atom. The van der Waals surface area contributed by atoms with Gasteiger partial charge in [0, 0.05) is 5.56 Å². The Kier molecular flexibility index (Phi) is 6.04. The van der Waals surface area contributed by atoms with Crippen molar-refractivity contribution in [1.29, 1.82) is 0 Å². The van der Waals surface area contributed by atoms with Gasteiger partial charge in [-0.15, -0.1) is 0 Å². The van der Waals surface area contributed by atoms with Gasteiger partial charge in [-0.05, 0) is 61.7 Å². The second kappa shape index (κ2) is 8.79. The number of nitrogens with zero attached hydrogens (tertiary/aromatic N) is 2. The molecule has 2 N–H and O–H groups in total. The van der Waals surface area contributed by atoms with Crippen LogP contribution in [0.2, 0.25) is 0 Å². The highest BCUT2D eigenvalue weighted by Gasteiger charge is 2.20. The predicted octanol–water partition coefficient (Wildman–Crippen LogP) is 4.95. The number of rotatable bonds is 5. The van der Waals surface area contributed by atoms with Gasteiger partial charge in [0.25, 0.3) is 5.56 Å². The summed E-state index contributed by atoms with van der Waals surface area (Å²) in [6, 6.07) is 18.1. The maximum atomic E-state index is 13.5. The van der Waals surface area contributed by atoms with Crippen molar-refractivity contribution in [3.63, 3.8) is 0 Å². The number of fused-ring (bicyclic) bond motifs is 1. The highest BCUT2D eigenvalue weighted by Crippen LogP contribution is 2.41. The van der Waals surface area contributed by atoms with Crippen molar-refractivity contribution >= 4 is 30.9 Å². The summed E-state index contributed by atoms with van der Waals surface area (Å²) in [5.74, 6) is 0.462. The highest BCUT2D eigenvalue weighted by atomic mass is 31.2. The first-order chi connectivity index (χ1) is 15.7. The van der Waals surface area contributed by atoms with Crippen LogP contribution >= 0.6 is 7.82 Å². The molecule has 4 aromatic rings. The SMILES string of the molecule is Cc1cccc(/C=C/c2nc3ccccc3c(=O)n2-c2c(C)cccc2C)c1OP(=O)(O)O. The van der Waals surface area contributed by atoms with Crippen molar-refractivity contribution in [3.8, 4) is 11.4 Å². The third kappa shape index (κ3) is 4.66. The number of phosphoric ester groups is 1. The smallest absolute Gasteiger partial charge is 0.403 e. The number of aromatic nitrogens is 2. The molecule has 0 aliphatic rings. The summed E-state index contributed by atoms with van der Waals surface area (Å²) in [6.45, 7) is 5.57. The Bertz CT molecular complexity index is 1480. The standard InChI is InChI=1S/C25H23N2O5P/c1-16-8-6-9-17(2)23(16)27-22(26-21-13-5-4-12-20(21)25(27)28)15-14-19-11-7-10-18(3)24(19)32-33(29,30)31/h4-15H,1-3H3,(H2,29,30,31)/b15-14+. The van der Waals surface area contributed by atoms with Crippen LogP contribution < -0.4 is 10.1 Å². The van der Waals surface area contributed by atoms with Crippen molar-refractivity contribution in [1.82, 2.24) is 9.55 Å². The summed E-state index contributed by atoms with van der Waals surface area (Å²) in [7, 11) is -4.75. The average Bonchev–Trinajstić information content (AvgIpc) is 2.75. The third-order valence-corrected chi connectivity index (χ3v) is 5.75. The molecule has 0 bridgehead atoms. The van der Waals surface area contributed by atoms with E-state index < -0.39 is 7.82 Å². The molecule has 1 aromatic heterocycles. The first-order valence-electron chi connectivity index (χ1n) is 10.3. The lowest BCUT2D eigenvalue weighted by Gasteiger charge is -2.16. The lowest BCUT2D eigenvalue weighted by molar-refractivity contribution is 0.282. The van der Waals surface area contributed by atoms with Gasteiger partial charge in [0.15, 0.2) is 0 Å². The quantitative estimate of drug-likeness (QED) is 0.407. The molecule has 8 heteroatoms. The second-order valence-corrected chi connectivity index (χ2v) is 8.94. The Morgan fingerprint density at radius 3 is 2.21 bits per heavy atom. The Hall–Kier alpha value is -3.51. The summed E-state index contributed by atoms with van der Waals surface area (Å²) in [6.07, 6.45) is 3.29. The van der Waals surface area contributed by atoms with Gasteiger partial charge in [-0.3, -0.25) is 19.1 Å². The topological polar surface area (TPSA) is 102 Å². The van der Waals surface area contributed by atoms with E-state index in [0.29, 0.717) is 27.9 Å². The minimum atomic E-state index is -4.75. The fourth-order valence-corrected chi connectivity index (χ4v) is 4.34. The lowest BCUT2D eigenvalue weighted by atomic mass is 10.1. The van der Waals surface area contributed by atoms with E-state index in [0.717, 1.165) is 16.8 Å². The lowest BCUT2D eigenvalue weighted by Crippen LogP contribution is -2.23. The van der Waals surface area contributed by atoms with Crippen LogP contribution in [-0.4, -0.2) is 19.3 Å². The van der Waals surface area contributed by atoms with E-state index in [-0.39, 0.29) is 11.3 Å². The second-order valence-electron chi connectivity index (χ2n) is 7.78. The fraction of sp³-hybridized carbons (Fsp3) is 0.120. The van der Waals surface area contributed by atoms with Gasteiger partial charge >= 0.3 is 7.82 Å². The number of para-hydroxylation sites is 3. The molecule has 0 aliphatic carbocycles. The molecule has 168 valence electrons. The molecule has 0 radical (unpaired) electrons. The maximum Gasteiger partial charge on any atom is 0.524 e. The number of hydrogen-bond donors (Lipinski definition) is 2. The normalized spacial score (nSPS) is 11.9. The monoisotopic (exact) mass is 462 g/mol. The molecule has 7 nitrogen and oxygen atoms in total. The Balaban J connectivity index is 1.96. The molecule has 0 atom stereocenters. The van der Waals surface area contributed by atoms with Crippen molar-refractivity contribution < 1.29 is 18.9 Å². The van der Waals surface area contributed by atoms with Crippen molar-refractivity contribution in [2.45, 2.75) is 20.8 Å². The van der Waals surface area contributed by atoms with Gasteiger partial charge in [0.2, 0.25) is 0 Å². The van der Waals surface area contributed by atoms with Crippen LogP contribution in [-0.2, 0) is 4.57 Å². The van der Waals surface area contributed by atoms with Gasteiger partial charge in [-0.25, -0.2) is 9.55 Å². The van der Waals surface area contributed by atoms with E-state index >= 15 is 0 Å². The van der Waals surface area contributed by atoms with Crippen LogP contribution in [0.5, 0.6) is 5.75 Å². The van der Waals surface area contributed by atoms with E-state index in [9.17, 15) is 19.1 Å². The molecule has 1 heterocycles. The molecule has 0 saturated carbocycles. The van der Waals surface area contributed by atoms with E-state index in [1.165, 1.54) is 0 Å². The van der Waals surface area contributed by atoms with E-state index in [1.54, 1.807) is 60.0 Å². The molecular weight excluding hydrogens is 439 g/mol. The van der Waals surface area contributed by atoms with Crippen molar-refractivity contribution in [3.05, 3.63) is 99.1 Å². The van der Waals surface area contributed by atoms with Crippen molar-refractivity contribution in [2.75, 3.05) is 0 Å². The van der Waals surface area contributed by atoms with Crippen LogP contribution in [0.1, 0.15) is 28.1 Å². The molecular formula is C25H23N2O5P. The number of aryl methyl sites for hydroxylation is 3. The van der Waals surface area contributed by atoms with E-state index in [4.69, 9.17) is 9.51 Å². The number of phosphoric acid groups is 1. The summed E-state index contributed by atoms with van der Waals surface area (Å²) in [5, 5.41) is 0.499. The van der Waals surface area contributed by atoms with Gasteiger partial charge in [0.05, 0.1) is 16.6 Å². The molecule has 3 aromatic carbocycles. The third-order valence-electron chi connectivity index (χ3n) is 5.33. The van der Waals surface area contributed by atoms with Crippen molar-refractivity contribution in [2.24, 2.45) is 0 Å². The van der Waals surface area contributed by atoms with Crippen LogP contribution in [0.25, 0.3) is 28.7 Å². The predicted molar refractivity (Wildman–Crippen MR) is 130 cm³/mol. The maximum absolute atomic E-state index is 13.5. The van der Waals surface area contributed by atoms with E-state index in [1.807, 2.05) is 38.1 Å². The summed E-state index contributed by atoms with van der Waals surface area (Å²) in [4.78, 5) is 36.9. The average molecular weight is 462 g/mol. The number of hydrogen-bond acceptors (Lipinski definition) is 4. The van der Waals surface area contributed by atoms with Crippen LogP contribution in [0.4, 0.5) is 0 Å². The van der Waals surface area contributed by atoms with Crippen LogP contribution in [0.15, 0.2) is 65.5 Å². The van der Waals surface area contributed by atoms with Gasteiger partial charge in [0.1, 0.15) is 11.6 Å². The number of benzene rings is 3. The minimum absolute atomic E-state index is 0.0730. The first kappa shape index (κ1) is 22.7. The zero-order valence-corrected chi connectivity index (χ0v) is 19.3. The molecule has 0 saturated heterocycles. The summed E-state index contributed by atoms with van der Waals surface area (Å²) >= 11 is 0. The van der Waals surface area contributed by atoms with Crippen LogP contribution in [0.3, 0.4) is 0 Å². The fourth-order valence-electron chi connectivity index (χ4n) is 3.85. The molecule has 0 aliphatic heterocycles. The molecule has 0 amide bonds. The summed E-state index contributed by atoms with van der Waals surface area (Å²) < 4.78 is 18.0. The minimum Gasteiger partial charge on any atom is -0.403 e. The summed E-state index contributed by atoms with van der Waals surface area (Å²) in [5.41, 5.74) is 3.97. The van der Waals surface area contributed by atoms with E-state index in [2.05, 4.69) is 0 Å². The highest BCUT2D eigenvalue weighted by molar-refractivity contribution is 7.46.